The van der Waals surface area contributed by atoms with Crippen LogP contribution < -0.4 is 10.6 Å². The summed E-state index contributed by atoms with van der Waals surface area (Å²) in [6, 6.07) is 1.81. The predicted molar refractivity (Wildman–Crippen MR) is 66.0 cm³/mol. The molecular weight excluding hydrogens is 223 g/mol. The van der Waals surface area contributed by atoms with Crippen molar-refractivity contribution in [2.75, 3.05) is 37.5 Å². The Balaban J connectivity index is 2.72. The third-order valence-corrected chi connectivity index (χ3v) is 2.02. The number of alkyl halides is 1. The molecule has 0 spiro atoms. The predicted octanol–water partition coefficient (Wildman–Crippen LogP) is 1.83. The third kappa shape index (κ3) is 4.95. The zero-order valence-electron chi connectivity index (χ0n) is 10.3. The van der Waals surface area contributed by atoms with Gasteiger partial charge in [-0.15, -0.1) is 0 Å². The fourth-order valence-electron chi connectivity index (χ4n) is 1.34. The van der Waals surface area contributed by atoms with E-state index in [9.17, 15) is 4.39 Å². The normalized spacial score (nSPS) is 10.3. The minimum absolute atomic E-state index is 0.330. The van der Waals surface area contributed by atoms with Gasteiger partial charge in [0.05, 0.1) is 6.67 Å². The van der Waals surface area contributed by atoms with Crippen molar-refractivity contribution in [1.29, 1.82) is 0 Å². The van der Waals surface area contributed by atoms with Crippen LogP contribution in [-0.4, -0.2) is 36.8 Å². The summed E-state index contributed by atoms with van der Waals surface area (Å²) in [6.45, 7) is 3.37. The Bertz CT molecular complexity index is 311. The van der Waals surface area contributed by atoms with Gasteiger partial charge >= 0.3 is 0 Å². The van der Waals surface area contributed by atoms with Crippen LogP contribution in [0.4, 0.5) is 16.0 Å². The van der Waals surface area contributed by atoms with E-state index in [1.165, 1.54) is 0 Å². The van der Waals surface area contributed by atoms with Crippen molar-refractivity contribution >= 4 is 11.6 Å². The number of rotatable bonds is 8. The van der Waals surface area contributed by atoms with Crippen molar-refractivity contribution < 1.29 is 9.13 Å². The lowest BCUT2D eigenvalue weighted by molar-refractivity contribution is 0.178. The summed E-state index contributed by atoms with van der Waals surface area (Å²) < 4.78 is 17.0. The van der Waals surface area contributed by atoms with Crippen molar-refractivity contribution in [3.63, 3.8) is 0 Å². The molecule has 96 valence electrons. The van der Waals surface area contributed by atoms with Crippen molar-refractivity contribution in [2.45, 2.75) is 20.0 Å². The molecule has 5 nitrogen and oxygen atoms in total. The van der Waals surface area contributed by atoms with Crippen LogP contribution in [0.1, 0.15) is 19.2 Å². The maximum absolute atomic E-state index is 12.0. The molecule has 0 radical (unpaired) electrons. The Labute approximate surface area is 101 Å². The van der Waals surface area contributed by atoms with E-state index < -0.39 is 0 Å². The molecule has 0 aliphatic rings. The molecular formula is C11H19FN4O. The Kier molecular flexibility index (Phi) is 6.24. The Morgan fingerprint density at radius 2 is 2.00 bits per heavy atom. The van der Waals surface area contributed by atoms with E-state index in [0.717, 1.165) is 12.4 Å². The Morgan fingerprint density at radius 3 is 2.59 bits per heavy atom. The number of hydrogen-bond donors (Lipinski definition) is 2. The summed E-state index contributed by atoms with van der Waals surface area (Å²) >= 11 is 0. The van der Waals surface area contributed by atoms with E-state index in [0.29, 0.717) is 31.2 Å². The van der Waals surface area contributed by atoms with Crippen molar-refractivity contribution in [3.8, 4) is 0 Å². The average molecular weight is 242 g/mol. The van der Waals surface area contributed by atoms with Crippen LogP contribution in [0.3, 0.4) is 0 Å². The lowest BCUT2D eigenvalue weighted by atomic mass is 10.4. The molecule has 0 unspecified atom stereocenters. The smallest absolute Gasteiger partial charge is 0.158 e. The van der Waals surface area contributed by atoms with Crippen LogP contribution in [0.5, 0.6) is 0 Å². The highest BCUT2D eigenvalue weighted by Gasteiger charge is 2.03. The van der Waals surface area contributed by atoms with Crippen molar-refractivity contribution in [2.24, 2.45) is 0 Å². The van der Waals surface area contributed by atoms with Crippen LogP contribution in [0.25, 0.3) is 0 Å². The monoisotopic (exact) mass is 242 g/mol. The van der Waals surface area contributed by atoms with Crippen LogP contribution in [0, 0.1) is 0 Å². The van der Waals surface area contributed by atoms with Crippen LogP contribution in [0.2, 0.25) is 0 Å². The Morgan fingerprint density at radius 1 is 1.29 bits per heavy atom. The molecule has 0 aromatic carbocycles. The summed E-state index contributed by atoms with van der Waals surface area (Å²) in [5, 5.41) is 6.17. The number of anilines is 2. The number of hydrogen-bond acceptors (Lipinski definition) is 5. The van der Waals surface area contributed by atoms with Gasteiger partial charge < -0.3 is 15.4 Å². The summed E-state index contributed by atoms with van der Waals surface area (Å²) in [6.07, 6.45) is 0.472. The first-order valence-corrected chi connectivity index (χ1v) is 5.70. The zero-order chi connectivity index (χ0) is 12.5. The molecule has 0 fully saturated rings. The number of ether oxygens (including phenoxy) is 1. The topological polar surface area (TPSA) is 59.1 Å². The number of nitrogens with one attached hydrogen (secondary N) is 2. The lowest BCUT2D eigenvalue weighted by Gasteiger charge is -2.09. The summed E-state index contributed by atoms with van der Waals surface area (Å²) in [4.78, 5) is 8.55. The molecule has 0 amide bonds. The largest absolute Gasteiger partial charge is 0.377 e. The summed E-state index contributed by atoms with van der Waals surface area (Å²) in [5.74, 6) is 2.04. The summed E-state index contributed by atoms with van der Waals surface area (Å²) in [5.41, 5.74) is 0. The minimum Gasteiger partial charge on any atom is -0.377 e. The maximum atomic E-state index is 12.0. The first-order valence-electron chi connectivity index (χ1n) is 5.70. The number of halogens is 1. The van der Waals surface area contributed by atoms with Gasteiger partial charge in [-0.1, -0.05) is 0 Å². The molecule has 0 bridgehead atoms. The van der Waals surface area contributed by atoms with Gasteiger partial charge in [0.1, 0.15) is 18.2 Å². The first kappa shape index (κ1) is 13.6. The van der Waals surface area contributed by atoms with Gasteiger partial charge in [0.2, 0.25) is 0 Å². The van der Waals surface area contributed by atoms with E-state index >= 15 is 0 Å². The third-order valence-electron chi connectivity index (χ3n) is 2.02. The lowest BCUT2D eigenvalue weighted by Crippen LogP contribution is -2.09. The van der Waals surface area contributed by atoms with Gasteiger partial charge in [0, 0.05) is 26.3 Å². The molecule has 6 heteroatoms. The number of nitrogens with zero attached hydrogens (tertiary/aromatic N) is 2. The fourth-order valence-corrected chi connectivity index (χ4v) is 1.34. The van der Waals surface area contributed by atoms with E-state index in [1.54, 1.807) is 13.2 Å². The second-order valence-electron chi connectivity index (χ2n) is 3.49. The van der Waals surface area contributed by atoms with Crippen LogP contribution in [-0.2, 0) is 11.3 Å². The van der Waals surface area contributed by atoms with Gasteiger partial charge in [-0.05, 0) is 13.3 Å². The van der Waals surface area contributed by atoms with Gasteiger partial charge in [-0.25, -0.2) is 9.97 Å². The highest BCUT2D eigenvalue weighted by molar-refractivity contribution is 5.47. The zero-order valence-corrected chi connectivity index (χ0v) is 10.3. The van der Waals surface area contributed by atoms with Gasteiger partial charge in [0.15, 0.2) is 5.82 Å². The van der Waals surface area contributed by atoms with E-state index in [-0.39, 0.29) is 6.67 Å². The molecule has 0 aliphatic carbocycles. The quantitative estimate of drug-likeness (QED) is 0.681. The van der Waals surface area contributed by atoms with Gasteiger partial charge in [-0.2, -0.15) is 0 Å². The van der Waals surface area contributed by atoms with E-state index in [2.05, 4.69) is 20.6 Å². The summed E-state index contributed by atoms with van der Waals surface area (Å²) in [7, 11) is 1.60. The second-order valence-corrected chi connectivity index (χ2v) is 3.49. The molecule has 0 aliphatic heterocycles. The van der Waals surface area contributed by atoms with Gasteiger partial charge in [-0.3, -0.25) is 4.39 Å². The standard InChI is InChI=1S/C11H19FN4O/c1-3-13-9-7-10(14-6-4-5-12)16-11(15-9)8-17-2/h7H,3-6,8H2,1-2H3,(H2,13,14,15,16). The maximum Gasteiger partial charge on any atom is 0.158 e. The van der Waals surface area contributed by atoms with Gasteiger partial charge in [0.25, 0.3) is 0 Å². The second kappa shape index (κ2) is 7.78. The molecule has 0 atom stereocenters. The molecule has 1 aromatic heterocycles. The number of aromatic nitrogens is 2. The van der Waals surface area contributed by atoms with Crippen molar-refractivity contribution in [1.82, 2.24) is 9.97 Å². The van der Waals surface area contributed by atoms with Crippen molar-refractivity contribution in [3.05, 3.63) is 11.9 Å². The molecule has 0 saturated heterocycles. The molecule has 0 saturated carbocycles. The number of methoxy groups -OCH3 is 1. The molecule has 1 heterocycles. The fraction of sp³-hybridized carbons (Fsp3) is 0.636. The molecule has 2 N–H and O–H groups in total. The molecule has 17 heavy (non-hydrogen) atoms. The average Bonchev–Trinajstić information content (AvgIpc) is 2.30. The van der Waals surface area contributed by atoms with Crippen LogP contribution >= 0.6 is 0 Å². The minimum atomic E-state index is -0.330. The van der Waals surface area contributed by atoms with Crippen LogP contribution in [0.15, 0.2) is 6.07 Å². The molecule has 1 aromatic rings. The molecule has 1 rings (SSSR count). The Hall–Kier alpha value is -1.43. The highest BCUT2D eigenvalue weighted by Crippen LogP contribution is 2.11. The SMILES string of the molecule is CCNc1cc(NCCCF)nc(COC)n1. The van der Waals surface area contributed by atoms with E-state index in [1.807, 2.05) is 6.92 Å². The van der Waals surface area contributed by atoms with E-state index in [4.69, 9.17) is 4.74 Å². The first-order chi connectivity index (χ1) is 8.30. The highest BCUT2D eigenvalue weighted by atomic mass is 19.1.